The molecule has 0 saturated heterocycles. The molecule has 2 heterocycles. The van der Waals surface area contributed by atoms with E-state index in [9.17, 15) is 19.7 Å². The molecule has 3 aromatic rings. The molecule has 11 nitrogen and oxygen atoms in total. The van der Waals surface area contributed by atoms with Gasteiger partial charge in [-0.15, -0.1) is 10.2 Å². The Hall–Kier alpha value is -3.99. The molecule has 0 bridgehead atoms. The highest BCUT2D eigenvalue weighted by atomic mass is 16.6. The predicted molar refractivity (Wildman–Crippen MR) is 86.8 cm³/mol. The maximum Gasteiger partial charge on any atom is 0.451 e. The number of hydrogen-bond donors (Lipinski definition) is 1. The van der Waals surface area contributed by atoms with E-state index in [1.165, 1.54) is 6.07 Å². The van der Waals surface area contributed by atoms with Gasteiger partial charge in [0.2, 0.25) is 0 Å². The lowest BCUT2D eigenvalue weighted by atomic mass is 10.2. The molecular formula is C15H11N5O6. The van der Waals surface area contributed by atoms with E-state index >= 15 is 0 Å². The van der Waals surface area contributed by atoms with Crippen molar-refractivity contribution >= 4 is 18.3 Å². The molecule has 2 aromatic heterocycles. The second-order valence-electron chi connectivity index (χ2n) is 4.89. The van der Waals surface area contributed by atoms with Crippen LogP contribution in [0.15, 0.2) is 53.1 Å². The molecule has 3 rings (SSSR count). The van der Waals surface area contributed by atoms with Crippen molar-refractivity contribution in [2.45, 2.75) is 0 Å². The predicted octanol–water partition coefficient (Wildman–Crippen LogP) is 1.87. The quantitative estimate of drug-likeness (QED) is 0.239. The molecule has 0 atom stereocenters. The lowest BCUT2D eigenvalue weighted by Crippen LogP contribution is -2.48. The maximum atomic E-state index is 12.1. The Morgan fingerprint density at radius 2 is 2.04 bits per heavy atom. The Balaban J connectivity index is 1.86. The standard InChI is InChI=1S/C15H11N5O6/c16-19(15(22)25-11-4-2-1-3-5-11)18-8-10(9-21)14(17-18)12-6-7-13(26-12)20(23)24/h1-9H,16H2. The zero-order valence-corrected chi connectivity index (χ0v) is 13.0. The second-order valence-corrected chi connectivity index (χ2v) is 4.89. The fourth-order valence-corrected chi connectivity index (χ4v) is 2.04. The first-order valence-corrected chi connectivity index (χ1v) is 7.11. The van der Waals surface area contributed by atoms with Crippen LogP contribution in [0.2, 0.25) is 0 Å². The van der Waals surface area contributed by atoms with E-state index in [0.717, 1.165) is 17.1 Å². The summed E-state index contributed by atoms with van der Waals surface area (Å²) >= 11 is 0. The van der Waals surface area contributed by atoms with Gasteiger partial charge < -0.3 is 9.15 Å². The van der Waals surface area contributed by atoms with Gasteiger partial charge in [0.15, 0.2) is 12.0 Å². The Kier molecular flexibility index (Phi) is 4.45. The summed E-state index contributed by atoms with van der Waals surface area (Å²) in [5, 5.41) is 15.2. The van der Waals surface area contributed by atoms with Gasteiger partial charge in [0.1, 0.15) is 16.4 Å². The molecule has 0 aliphatic rings. The maximum absolute atomic E-state index is 12.1. The van der Waals surface area contributed by atoms with Crippen LogP contribution < -0.4 is 15.7 Å². The average molecular weight is 357 g/mol. The fraction of sp³-hybridized carbons (Fsp3) is 0. The van der Waals surface area contributed by atoms with Gasteiger partial charge in [0, 0.05) is 0 Å². The Bertz CT molecular complexity index is 964. The van der Waals surface area contributed by atoms with E-state index in [0.29, 0.717) is 11.4 Å². The number of carbonyl (C=O) groups is 2. The van der Waals surface area contributed by atoms with E-state index in [1.54, 1.807) is 30.3 Å². The summed E-state index contributed by atoms with van der Waals surface area (Å²) in [6.45, 7) is 0. The molecule has 0 spiro atoms. The van der Waals surface area contributed by atoms with Crippen LogP contribution in [0.4, 0.5) is 10.7 Å². The smallest absolute Gasteiger partial charge is 0.408 e. The van der Waals surface area contributed by atoms with Gasteiger partial charge >= 0.3 is 12.0 Å². The Morgan fingerprint density at radius 1 is 1.31 bits per heavy atom. The van der Waals surface area contributed by atoms with Crippen molar-refractivity contribution < 1.29 is 23.7 Å². The van der Waals surface area contributed by atoms with Gasteiger partial charge in [-0.05, 0) is 18.2 Å². The summed E-state index contributed by atoms with van der Waals surface area (Å²) in [6, 6.07) is 10.6. The number of ether oxygens (including phenoxy) is 1. The largest absolute Gasteiger partial charge is 0.451 e. The molecule has 1 aromatic carbocycles. The molecule has 0 unspecified atom stereocenters. The molecule has 0 saturated carbocycles. The molecule has 11 heteroatoms. The molecule has 0 aliphatic carbocycles. The van der Waals surface area contributed by atoms with Crippen LogP contribution >= 0.6 is 0 Å². The summed E-state index contributed by atoms with van der Waals surface area (Å²) in [7, 11) is 0. The highest BCUT2D eigenvalue weighted by molar-refractivity contribution is 5.85. The number of rotatable bonds is 5. The van der Waals surface area contributed by atoms with Gasteiger partial charge in [0.05, 0.1) is 17.8 Å². The van der Waals surface area contributed by atoms with Crippen LogP contribution in [-0.2, 0) is 0 Å². The third kappa shape index (κ3) is 3.27. The minimum absolute atomic E-state index is 0.0113. The van der Waals surface area contributed by atoms with Gasteiger partial charge in [-0.2, -0.15) is 4.79 Å². The molecule has 0 aliphatic heterocycles. The number of hydrazine groups is 1. The molecular weight excluding hydrogens is 346 g/mol. The normalized spacial score (nSPS) is 10.3. The SMILES string of the molecule is NN(C(=O)Oc1ccccc1)n1cc(C=O)c(-c2ccc([N+](=O)[O-])o2)n1. The summed E-state index contributed by atoms with van der Waals surface area (Å²) in [5.41, 5.74) is -0.00623. The van der Waals surface area contributed by atoms with E-state index < -0.39 is 16.9 Å². The van der Waals surface area contributed by atoms with E-state index in [-0.39, 0.29) is 22.8 Å². The molecule has 2 N–H and O–H groups in total. The third-order valence-corrected chi connectivity index (χ3v) is 3.22. The summed E-state index contributed by atoms with van der Waals surface area (Å²) in [5.74, 6) is 5.38. The molecule has 0 radical (unpaired) electrons. The van der Waals surface area contributed by atoms with Crippen molar-refractivity contribution in [1.29, 1.82) is 0 Å². The highest BCUT2D eigenvalue weighted by Gasteiger charge is 2.22. The van der Waals surface area contributed by atoms with Gasteiger partial charge in [-0.3, -0.25) is 14.9 Å². The molecule has 132 valence electrons. The summed E-state index contributed by atoms with van der Waals surface area (Å²) in [6.07, 6.45) is 0.639. The first-order chi connectivity index (χ1) is 12.5. The van der Waals surface area contributed by atoms with Crippen LogP contribution in [0.1, 0.15) is 10.4 Å². The number of nitrogens with zero attached hydrogens (tertiary/aromatic N) is 4. The second kappa shape index (κ2) is 6.86. The van der Waals surface area contributed by atoms with Crippen molar-refractivity contribution in [1.82, 2.24) is 9.89 Å². The molecule has 0 fully saturated rings. The van der Waals surface area contributed by atoms with Gasteiger partial charge in [-0.25, -0.2) is 10.6 Å². The zero-order chi connectivity index (χ0) is 18.7. The van der Waals surface area contributed by atoms with Crippen LogP contribution in [0, 0.1) is 10.1 Å². The number of hydrogen-bond acceptors (Lipinski definition) is 8. The topological polar surface area (TPSA) is 147 Å². The highest BCUT2D eigenvalue weighted by Crippen LogP contribution is 2.26. The number of nitro groups is 1. The van der Waals surface area contributed by atoms with Crippen LogP contribution in [0.3, 0.4) is 0 Å². The number of benzene rings is 1. The first kappa shape index (κ1) is 16.9. The number of aldehydes is 1. The summed E-state index contributed by atoms with van der Waals surface area (Å²) < 4.78 is 10.1. The minimum Gasteiger partial charge on any atom is -0.408 e. The average Bonchev–Trinajstić information content (AvgIpc) is 3.28. The van der Waals surface area contributed by atoms with Crippen LogP contribution in [-0.4, -0.2) is 27.2 Å². The summed E-state index contributed by atoms with van der Waals surface area (Å²) in [4.78, 5) is 34.1. The number of aromatic nitrogens is 2. The van der Waals surface area contributed by atoms with Crippen molar-refractivity contribution in [3.63, 3.8) is 0 Å². The third-order valence-electron chi connectivity index (χ3n) is 3.22. The van der Waals surface area contributed by atoms with Crippen molar-refractivity contribution in [2.75, 3.05) is 5.12 Å². The van der Waals surface area contributed by atoms with Crippen molar-refractivity contribution in [2.24, 2.45) is 5.84 Å². The van der Waals surface area contributed by atoms with Gasteiger partial charge in [-0.1, -0.05) is 18.2 Å². The number of furan rings is 1. The first-order valence-electron chi connectivity index (χ1n) is 7.11. The fourth-order valence-electron chi connectivity index (χ4n) is 2.04. The number of nitrogens with two attached hydrogens (primary N) is 1. The van der Waals surface area contributed by atoms with Crippen LogP contribution in [0.25, 0.3) is 11.5 Å². The Morgan fingerprint density at radius 3 is 2.65 bits per heavy atom. The number of amides is 1. The number of carbonyl (C=O) groups excluding carboxylic acids is 2. The Labute approximate surface area is 145 Å². The number of para-hydroxylation sites is 1. The molecule has 26 heavy (non-hydrogen) atoms. The monoisotopic (exact) mass is 357 g/mol. The lowest BCUT2D eigenvalue weighted by molar-refractivity contribution is -0.401. The zero-order valence-electron chi connectivity index (χ0n) is 13.0. The van der Waals surface area contributed by atoms with E-state index in [4.69, 9.17) is 15.0 Å². The molecule has 1 amide bonds. The van der Waals surface area contributed by atoms with E-state index in [2.05, 4.69) is 5.10 Å². The minimum atomic E-state index is -0.965. The van der Waals surface area contributed by atoms with Crippen LogP contribution in [0.5, 0.6) is 5.75 Å². The van der Waals surface area contributed by atoms with E-state index in [1.807, 2.05) is 0 Å². The van der Waals surface area contributed by atoms with Crippen molar-refractivity contribution in [3.05, 3.63) is 64.3 Å². The van der Waals surface area contributed by atoms with Crippen molar-refractivity contribution in [3.8, 4) is 17.2 Å². The van der Waals surface area contributed by atoms with Gasteiger partial charge in [0.25, 0.3) is 0 Å². The lowest BCUT2D eigenvalue weighted by Gasteiger charge is -2.15.